The molecular formula is C12H15BrFNO2. The quantitative estimate of drug-likeness (QED) is 0.899. The van der Waals surface area contributed by atoms with Crippen molar-refractivity contribution < 1.29 is 14.3 Å². The SMILES string of the molecule is CC(N)C(C)(CC(=O)O)c1ccc(Br)cc1F. The highest BCUT2D eigenvalue weighted by molar-refractivity contribution is 9.10. The molecule has 1 aromatic carbocycles. The zero-order chi connectivity index (χ0) is 13.2. The molecule has 3 N–H and O–H groups in total. The number of rotatable bonds is 4. The van der Waals surface area contributed by atoms with Gasteiger partial charge in [0.25, 0.3) is 0 Å². The van der Waals surface area contributed by atoms with Crippen LogP contribution in [-0.2, 0) is 10.2 Å². The van der Waals surface area contributed by atoms with Crippen LogP contribution in [-0.4, -0.2) is 17.1 Å². The summed E-state index contributed by atoms with van der Waals surface area (Å²) >= 11 is 3.16. The number of carboxylic acid groups (broad SMARTS) is 1. The Morgan fingerprint density at radius 3 is 2.65 bits per heavy atom. The van der Waals surface area contributed by atoms with Crippen LogP contribution in [0.3, 0.4) is 0 Å². The number of nitrogens with two attached hydrogens (primary N) is 1. The van der Waals surface area contributed by atoms with E-state index in [9.17, 15) is 9.18 Å². The molecule has 0 amide bonds. The van der Waals surface area contributed by atoms with E-state index in [1.165, 1.54) is 6.07 Å². The number of carbonyl (C=O) groups is 1. The summed E-state index contributed by atoms with van der Waals surface area (Å²) < 4.78 is 14.5. The third kappa shape index (κ3) is 3.04. The molecule has 0 aliphatic rings. The lowest BCUT2D eigenvalue weighted by molar-refractivity contribution is -0.138. The van der Waals surface area contributed by atoms with Crippen LogP contribution in [0.15, 0.2) is 22.7 Å². The largest absolute Gasteiger partial charge is 0.481 e. The minimum atomic E-state index is -0.993. The fourth-order valence-corrected chi connectivity index (χ4v) is 2.10. The molecule has 0 aliphatic carbocycles. The van der Waals surface area contributed by atoms with Gasteiger partial charge in [0.05, 0.1) is 6.42 Å². The summed E-state index contributed by atoms with van der Waals surface area (Å²) in [7, 11) is 0. The van der Waals surface area contributed by atoms with E-state index in [1.807, 2.05) is 0 Å². The van der Waals surface area contributed by atoms with Gasteiger partial charge in [-0.05, 0) is 24.6 Å². The minimum Gasteiger partial charge on any atom is -0.481 e. The van der Waals surface area contributed by atoms with Crippen LogP contribution in [0.1, 0.15) is 25.8 Å². The van der Waals surface area contributed by atoms with Gasteiger partial charge < -0.3 is 10.8 Å². The molecule has 0 saturated heterocycles. The van der Waals surface area contributed by atoms with E-state index in [0.29, 0.717) is 10.0 Å². The molecule has 1 rings (SSSR count). The van der Waals surface area contributed by atoms with Gasteiger partial charge in [0.2, 0.25) is 0 Å². The van der Waals surface area contributed by atoms with E-state index >= 15 is 0 Å². The molecule has 0 aliphatic heterocycles. The third-order valence-electron chi connectivity index (χ3n) is 3.07. The van der Waals surface area contributed by atoms with Crippen LogP contribution < -0.4 is 5.73 Å². The fraction of sp³-hybridized carbons (Fsp3) is 0.417. The summed E-state index contributed by atoms with van der Waals surface area (Å²) in [5.41, 5.74) is 5.23. The molecule has 0 fully saturated rings. The average molecular weight is 304 g/mol. The summed E-state index contributed by atoms with van der Waals surface area (Å²) in [5.74, 6) is -1.44. The normalized spacial score (nSPS) is 16.3. The number of hydrogen-bond acceptors (Lipinski definition) is 2. The number of aliphatic carboxylic acids is 1. The Morgan fingerprint density at radius 2 is 2.24 bits per heavy atom. The van der Waals surface area contributed by atoms with E-state index in [4.69, 9.17) is 10.8 Å². The van der Waals surface area contributed by atoms with Crippen LogP contribution >= 0.6 is 15.9 Å². The Morgan fingerprint density at radius 1 is 1.65 bits per heavy atom. The zero-order valence-electron chi connectivity index (χ0n) is 9.71. The van der Waals surface area contributed by atoms with Crippen molar-refractivity contribution in [3.63, 3.8) is 0 Å². The molecule has 5 heteroatoms. The lowest BCUT2D eigenvalue weighted by Gasteiger charge is -2.33. The predicted molar refractivity (Wildman–Crippen MR) is 67.4 cm³/mol. The summed E-state index contributed by atoms with van der Waals surface area (Å²) in [6, 6.07) is 4.11. The van der Waals surface area contributed by atoms with Crippen LogP contribution in [0, 0.1) is 5.82 Å². The first-order valence-electron chi connectivity index (χ1n) is 5.20. The first-order chi connectivity index (χ1) is 7.77. The van der Waals surface area contributed by atoms with Crippen molar-refractivity contribution in [1.82, 2.24) is 0 Å². The summed E-state index contributed by atoms with van der Waals surface area (Å²) in [6.45, 7) is 3.35. The molecule has 0 aromatic heterocycles. The Balaban J connectivity index is 3.27. The Bertz CT molecular complexity index is 437. The molecule has 3 nitrogen and oxygen atoms in total. The van der Waals surface area contributed by atoms with E-state index < -0.39 is 23.2 Å². The van der Waals surface area contributed by atoms with Crippen LogP contribution in [0.4, 0.5) is 4.39 Å². The highest BCUT2D eigenvalue weighted by Crippen LogP contribution is 2.33. The van der Waals surface area contributed by atoms with Gasteiger partial charge >= 0.3 is 5.97 Å². The van der Waals surface area contributed by atoms with Gasteiger partial charge in [-0.3, -0.25) is 4.79 Å². The second-order valence-electron chi connectivity index (χ2n) is 4.40. The molecule has 0 saturated carbocycles. The maximum Gasteiger partial charge on any atom is 0.304 e. The smallest absolute Gasteiger partial charge is 0.304 e. The third-order valence-corrected chi connectivity index (χ3v) is 3.56. The Hall–Kier alpha value is -0.940. The molecule has 2 atom stereocenters. The monoisotopic (exact) mass is 303 g/mol. The van der Waals surface area contributed by atoms with Gasteiger partial charge in [-0.25, -0.2) is 4.39 Å². The van der Waals surface area contributed by atoms with Crippen molar-refractivity contribution in [2.45, 2.75) is 31.7 Å². The molecular weight excluding hydrogens is 289 g/mol. The Kier molecular flexibility index (Phi) is 4.27. The van der Waals surface area contributed by atoms with E-state index in [-0.39, 0.29) is 6.42 Å². The van der Waals surface area contributed by atoms with Gasteiger partial charge in [0, 0.05) is 15.9 Å². The van der Waals surface area contributed by atoms with Gasteiger partial charge in [-0.2, -0.15) is 0 Å². The molecule has 0 spiro atoms. The molecule has 0 heterocycles. The summed E-state index contributed by atoms with van der Waals surface area (Å²) in [5, 5.41) is 8.92. The van der Waals surface area contributed by atoms with Gasteiger partial charge in [-0.15, -0.1) is 0 Å². The number of hydrogen-bond donors (Lipinski definition) is 2. The topological polar surface area (TPSA) is 63.3 Å². The van der Waals surface area contributed by atoms with Crippen molar-refractivity contribution in [3.8, 4) is 0 Å². The van der Waals surface area contributed by atoms with Crippen molar-refractivity contribution in [2.24, 2.45) is 5.73 Å². The Labute approximate surface area is 108 Å². The minimum absolute atomic E-state index is 0.205. The predicted octanol–water partition coefficient (Wildman–Crippen LogP) is 2.67. The van der Waals surface area contributed by atoms with Crippen molar-refractivity contribution in [3.05, 3.63) is 34.1 Å². The standard InChI is InChI=1S/C12H15BrFNO2/c1-7(15)12(2,6-11(16)17)9-4-3-8(13)5-10(9)14/h3-5,7H,6,15H2,1-2H3,(H,16,17). The highest BCUT2D eigenvalue weighted by atomic mass is 79.9. The van der Waals surface area contributed by atoms with E-state index in [1.54, 1.807) is 26.0 Å². The fourth-order valence-electron chi connectivity index (χ4n) is 1.77. The second-order valence-corrected chi connectivity index (χ2v) is 5.32. The lowest BCUT2D eigenvalue weighted by atomic mass is 9.74. The zero-order valence-corrected chi connectivity index (χ0v) is 11.3. The van der Waals surface area contributed by atoms with Crippen LogP contribution in [0.5, 0.6) is 0 Å². The molecule has 94 valence electrons. The maximum atomic E-state index is 13.9. The number of carboxylic acids is 1. The summed E-state index contributed by atoms with van der Waals surface area (Å²) in [6.07, 6.45) is -0.205. The number of benzene rings is 1. The molecule has 17 heavy (non-hydrogen) atoms. The van der Waals surface area contributed by atoms with E-state index in [2.05, 4.69) is 15.9 Å². The van der Waals surface area contributed by atoms with Gasteiger partial charge in [0.15, 0.2) is 0 Å². The van der Waals surface area contributed by atoms with Gasteiger partial charge in [0.1, 0.15) is 5.82 Å². The highest BCUT2D eigenvalue weighted by Gasteiger charge is 2.35. The molecule has 0 bridgehead atoms. The molecule has 0 radical (unpaired) electrons. The van der Waals surface area contributed by atoms with Crippen molar-refractivity contribution in [1.29, 1.82) is 0 Å². The first kappa shape index (κ1) is 14.1. The lowest BCUT2D eigenvalue weighted by Crippen LogP contribution is -2.43. The first-order valence-corrected chi connectivity index (χ1v) is 5.99. The molecule has 2 unspecified atom stereocenters. The van der Waals surface area contributed by atoms with Crippen LogP contribution in [0.25, 0.3) is 0 Å². The van der Waals surface area contributed by atoms with E-state index in [0.717, 1.165) is 0 Å². The second kappa shape index (κ2) is 5.14. The molecule has 1 aromatic rings. The average Bonchev–Trinajstić information content (AvgIpc) is 2.15. The van der Waals surface area contributed by atoms with Crippen molar-refractivity contribution in [2.75, 3.05) is 0 Å². The maximum absolute atomic E-state index is 13.9. The number of halogens is 2. The van der Waals surface area contributed by atoms with Crippen molar-refractivity contribution >= 4 is 21.9 Å². The van der Waals surface area contributed by atoms with Gasteiger partial charge in [-0.1, -0.05) is 28.9 Å². The van der Waals surface area contributed by atoms with Crippen LogP contribution in [0.2, 0.25) is 0 Å². The summed E-state index contributed by atoms with van der Waals surface area (Å²) in [4.78, 5) is 10.9.